The van der Waals surface area contributed by atoms with Crippen LogP contribution in [0.2, 0.25) is 0 Å². The minimum atomic E-state index is -1.64. The first kappa shape index (κ1) is 17.0. The van der Waals surface area contributed by atoms with Crippen molar-refractivity contribution in [1.29, 1.82) is 0 Å². The number of halogens is 4. The van der Waals surface area contributed by atoms with Gasteiger partial charge in [-0.15, -0.1) is 0 Å². The van der Waals surface area contributed by atoms with E-state index >= 15 is 0 Å². The molecule has 2 rings (SSSR count). The molecule has 0 radical (unpaired) electrons. The molecule has 7 heteroatoms. The number of amides is 1. The van der Waals surface area contributed by atoms with Gasteiger partial charge < -0.3 is 10.6 Å². The Balaban J connectivity index is 1.93. The molecule has 23 heavy (non-hydrogen) atoms. The second-order valence-corrected chi connectivity index (χ2v) is 4.93. The first-order valence-corrected chi connectivity index (χ1v) is 6.80. The molecule has 0 aliphatic rings. The number of hydrogen-bond acceptors (Lipinski definition) is 2. The van der Waals surface area contributed by atoms with Crippen LogP contribution in [-0.4, -0.2) is 12.5 Å². The van der Waals surface area contributed by atoms with Crippen molar-refractivity contribution >= 4 is 11.6 Å². The first-order chi connectivity index (χ1) is 10.9. The van der Waals surface area contributed by atoms with E-state index in [2.05, 4.69) is 10.6 Å². The Hall–Kier alpha value is -2.41. The van der Waals surface area contributed by atoms with Crippen molar-refractivity contribution in [2.24, 2.45) is 0 Å². The van der Waals surface area contributed by atoms with E-state index in [1.54, 1.807) is 19.1 Å². The highest BCUT2D eigenvalue weighted by Crippen LogP contribution is 2.19. The van der Waals surface area contributed by atoms with E-state index in [4.69, 9.17) is 0 Å². The van der Waals surface area contributed by atoms with Gasteiger partial charge in [0, 0.05) is 6.04 Å². The zero-order valence-corrected chi connectivity index (χ0v) is 12.2. The maximum Gasteiger partial charge on any atom is 0.238 e. The van der Waals surface area contributed by atoms with Crippen LogP contribution in [0.5, 0.6) is 0 Å². The normalized spacial score (nSPS) is 12.0. The molecular formula is C16H14F4N2O. The number of carbonyl (C=O) groups is 1. The third-order valence-corrected chi connectivity index (χ3v) is 3.25. The minimum absolute atomic E-state index is 0.184. The summed E-state index contributed by atoms with van der Waals surface area (Å²) in [5.74, 6) is -5.42. The topological polar surface area (TPSA) is 41.1 Å². The van der Waals surface area contributed by atoms with Crippen molar-refractivity contribution in [3.05, 3.63) is 65.2 Å². The summed E-state index contributed by atoms with van der Waals surface area (Å²) in [4.78, 5) is 11.7. The number of hydrogen-bond donors (Lipinski definition) is 2. The Morgan fingerprint density at radius 1 is 1.00 bits per heavy atom. The zero-order valence-electron chi connectivity index (χ0n) is 12.2. The molecule has 0 fully saturated rings. The van der Waals surface area contributed by atoms with Crippen molar-refractivity contribution in [2.45, 2.75) is 13.0 Å². The van der Waals surface area contributed by atoms with Crippen LogP contribution < -0.4 is 10.6 Å². The van der Waals surface area contributed by atoms with E-state index in [-0.39, 0.29) is 18.4 Å². The molecule has 0 spiro atoms. The maximum atomic E-state index is 13.4. The Bertz CT molecular complexity index is 704. The molecule has 122 valence electrons. The van der Waals surface area contributed by atoms with Crippen LogP contribution in [0.25, 0.3) is 0 Å². The molecule has 0 aliphatic carbocycles. The predicted octanol–water partition coefficient (Wildman–Crippen LogP) is 3.53. The number of nitrogens with one attached hydrogen (secondary N) is 2. The van der Waals surface area contributed by atoms with Gasteiger partial charge in [-0.05, 0) is 36.8 Å². The molecule has 1 unspecified atom stereocenters. The molecule has 2 N–H and O–H groups in total. The zero-order chi connectivity index (χ0) is 17.0. The smallest absolute Gasteiger partial charge is 0.238 e. The van der Waals surface area contributed by atoms with Gasteiger partial charge >= 0.3 is 0 Å². The number of anilines is 1. The third kappa shape index (κ3) is 4.29. The molecule has 1 amide bonds. The van der Waals surface area contributed by atoms with Gasteiger partial charge in [-0.25, -0.2) is 17.6 Å². The summed E-state index contributed by atoms with van der Waals surface area (Å²) in [6.07, 6.45) is 0. The van der Waals surface area contributed by atoms with Crippen LogP contribution in [0.3, 0.4) is 0 Å². The summed E-state index contributed by atoms with van der Waals surface area (Å²) >= 11 is 0. The molecule has 0 aliphatic heterocycles. The van der Waals surface area contributed by atoms with Gasteiger partial charge in [0.1, 0.15) is 5.82 Å². The van der Waals surface area contributed by atoms with Crippen LogP contribution in [0.4, 0.5) is 23.2 Å². The van der Waals surface area contributed by atoms with Crippen molar-refractivity contribution in [3.8, 4) is 0 Å². The van der Waals surface area contributed by atoms with E-state index in [0.717, 1.165) is 17.7 Å². The second-order valence-electron chi connectivity index (χ2n) is 4.93. The third-order valence-electron chi connectivity index (χ3n) is 3.25. The van der Waals surface area contributed by atoms with Gasteiger partial charge in [0.2, 0.25) is 5.91 Å². The van der Waals surface area contributed by atoms with Gasteiger partial charge in [0.05, 0.1) is 12.2 Å². The molecule has 3 nitrogen and oxygen atoms in total. The summed E-state index contributed by atoms with van der Waals surface area (Å²) in [6.45, 7) is 1.58. The Labute approximate surface area is 130 Å². The molecule has 0 saturated heterocycles. The molecule has 2 aromatic carbocycles. The molecule has 0 aromatic heterocycles. The number of carbonyl (C=O) groups excluding carboxylic acids is 1. The molecule has 0 heterocycles. The van der Waals surface area contributed by atoms with Crippen LogP contribution in [0.1, 0.15) is 18.5 Å². The number of rotatable bonds is 5. The quantitative estimate of drug-likeness (QED) is 0.652. The fourth-order valence-corrected chi connectivity index (χ4v) is 1.93. The van der Waals surface area contributed by atoms with Gasteiger partial charge in [-0.3, -0.25) is 4.79 Å². The summed E-state index contributed by atoms with van der Waals surface area (Å²) in [6, 6.07) is 7.14. The lowest BCUT2D eigenvalue weighted by atomic mass is 10.1. The van der Waals surface area contributed by atoms with Gasteiger partial charge in [-0.1, -0.05) is 12.1 Å². The largest absolute Gasteiger partial charge is 0.322 e. The lowest BCUT2D eigenvalue weighted by molar-refractivity contribution is -0.115. The molecule has 0 bridgehead atoms. The van der Waals surface area contributed by atoms with Crippen molar-refractivity contribution in [1.82, 2.24) is 5.32 Å². The van der Waals surface area contributed by atoms with Crippen molar-refractivity contribution < 1.29 is 22.4 Å². The average molecular weight is 326 g/mol. The van der Waals surface area contributed by atoms with Gasteiger partial charge in [-0.2, -0.15) is 0 Å². The average Bonchev–Trinajstić information content (AvgIpc) is 2.54. The van der Waals surface area contributed by atoms with E-state index in [9.17, 15) is 22.4 Å². The summed E-state index contributed by atoms with van der Waals surface area (Å²) in [5, 5.41) is 5.01. The Morgan fingerprint density at radius 3 is 2.30 bits per heavy atom. The maximum absolute atomic E-state index is 13.4. The lowest BCUT2D eigenvalue weighted by Gasteiger charge is -2.14. The van der Waals surface area contributed by atoms with E-state index in [1.165, 1.54) is 12.1 Å². The number of benzene rings is 2. The van der Waals surface area contributed by atoms with E-state index in [0.29, 0.717) is 0 Å². The SMILES string of the molecule is CC(NCC(=O)Nc1ccc(F)c(F)c1F)c1ccc(F)cc1. The second kappa shape index (κ2) is 7.23. The Kier molecular flexibility index (Phi) is 5.33. The molecular weight excluding hydrogens is 312 g/mol. The van der Waals surface area contributed by atoms with Crippen molar-refractivity contribution in [2.75, 3.05) is 11.9 Å². The summed E-state index contributed by atoms with van der Waals surface area (Å²) in [7, 11) is 0. The molecule has 2 aromatic rings. The van der Waals surface area contributed by atoms with Crippen molar-refractivity contribution in [3.63, 3.8) is 0 Å². The highest BCUT2D eigenvalue weighted by Gasteiger charge is 2.15. The fourth-order valence-electron chi connectivity index (χ4n) is 1.93. The van der Waals surface area contributed by atoms with Crippen LogP contribution in [-0.2, 0) is 4.79 Å². The van der Waals surface area contributed by atoms with Crippen LogP contribution in [0.15, 0.2) is 36.4 Å². The lowest BCUT2D eigenvalue weighted by Crippen LogP contribution is -2.30. The monoisotopic (exact) mass is 326 g/mol. The minimum Gasteiger partial charge on any atom is -0.322 e. The highest BCUT2D eigenvalue weighted by molar-refractivity contribution is 5.92. The first-order valence-electron chi connectivity index (χ1n) is 6.80. The molecule has 0 saturated carbocycles. The summed E-state index contributed by atoms with van der Waals surface area (Å²) < 4.78 is 52.1. The Morgan fingerprint density at radius 2 is 1.65 bits per heavy atom. The fraction of sp³-hybridized carbons (Fsp3) is 0.188. The van der Waals surface area contributed by atoms with E-state index < -0.39 is 29.0 Å². The summed E-state index contributed by atoms with van der Waals surface area (Å²) in [5.41, 5.74) is 0.323. The molecule has 1 atom stereocenters. The van der Waals surface area contributed by atoms with E-state index in [1.807, 2.05) is 0 Å². The van der Waals surface area contributed by atoms with Gasteiger partial charge in [0.15, 0.2) is 17.5 Å². The van der Waals surface area contributed by atoms with Gasteiger partial charge in [0.25, 0.3) is 0 Å². The predicted molar refractivity (Wildman–Crippen MR) is 77.8 cm³/mol. The highest BCUT2D eigenvalue weighted by atomic mass is 19.2. The van der Waals surface area contributed by atoms with Crippen LogP contribution >= 0.6 is 0 Å². The standard InChI is InChI=1S/C16H14F4N2O/c1-9(10-2-4-11(17)5-3-10)21-8-14(23)22-13-7-6-12(18)15(19)16(13)20/h2-7,9,21H,8H2,1H3,(H,22,23). The van der Waals surface area contributed by atoms with Crippen LogP contribution in [0, 0.1) is 23.3 Å².